The van der Waals surface area contributed by atoms with Gasteiger partial charge in [0.05, 0.1) is 12.8 Å². The summed E-state index contributed by atoms with van der Waals surface area (Å²) in [7, 11) is 0. The molecule has 25 heavy (non-hydrogen) atoms. The van der Waals surface area contributed by atoms with Crippen LogP contribution in [0.3, 0.4) is 0 Å². The van der Waals surface area contributed by atoms with E-state index in [0.717, 1.165) is 16.9 Å². The van der Waals surface area contributed by atoms with E-state index in [1.165, 1.54) is 0 Å². The average molecular weight is 355 g/mol. The third-order valence-electron chi connectivity index (χ3n) is 3.85. The number of furan rings is 1. The zero-order valence-corrected chi connectivity index (χ0v) is 14.7. The highest BCUT2D eigenvalue weighted by molar-refractivity contribution is 6.31. The van der Waals surface area contributed by atoms with E-state index in [9.17, 15) is 4.79 Å². The summed E-state index contributed by atoms with van der Waals surface area (Å²) < 4.78 is 5.39. The summed E-state index contributed by atoms with van der Waals surface area (Å²) in [5, 5.41) is 3.53. The number of benzene rings is 2. The monoisotopic (exact) mass is 354 g/mol. The zero-order chi connectivity index (χ0) is 17.6. The van der Waals surface area contributed by atoms with Gasteiger partial charge in [-0.15, -0.1) is 0 Å². The number of hydrogen-bond donors (Lipinski definition) is 1. The molecule has 0 saturated carbocycles. The van der Waals surface area contributed by atoms with E-state index in [1.807, 2.05) is 61.5 Å². The van der Waals surface area contributed by atoms with E-state index >= 15 is 0 Å². The van der Waals surface area contributed by atoms with Gasteiger partial charge in [0, 0.05) is 17.3 Å². The molecular weight excluding hydrogens is 336 g/mol. The summed E-state index contributed by atoms with van der Waals surface area (Å²) in [5.74, 6) is 0.730. The van der Waals surface area contributed by atoms with Crippen LogP contribution in [0, 0.1) is 6.92 Å². The largest absolute Gasteiger partial charge is 0.467 e. The molecule has 0 fully saturated rings. The molecule has 0 unspecified atom stereocenters. The maximum atomic E-state index is 12.8. The lowest BCUT2D eigenvalue weighted by molar-refractivity contribution is 0.201. The molecule has 0 spiro atoms. The van der Waals surface area contributed by atoms with Crippen LogP contribution < -0.4 is 5.32 Å². The number of anilines is 1. The number of hydrogen-bond acceptors (Lipinski definition) is 2. The molecule has 128 valence electrons. The summed E-state index contributed by atoms with van der Waals surface area (Å²) in [6.45, 7) is 2.78. The Hall–Kier alpha value is -2.72. The predicted molar refractivity (Wildman–Crippen MR) is 99.6 cm³/mol. The van der Waals surface area contributed by atoms with Crippen LogP contribution in [-0.4, -0.2) is 10.9 Å². The lowest BCUT2D eigenvalue weighted by Crippen LogP contribution is -2.34. The van der Waals surface area contributed by atoms with Gasteiger partial charge in [-0.2, -0.15) is 0 Å². The number of halogens is 1. The van der Waals surface area contributed by atoms with Gasteiger partial charge in [0.25, 0.3) is 0 Å². The van der Waals surface area contributed by atoms with Gasteiger partial charge in [-0.05, 0) is 42.3 Å². The van der Waals surface area contributed by atoms with Crippen LogP contribution in [0.5, 0.6) is 0 Å². The van der Waals surface area contributed by atoms with E-state index in [0.29, 0.717) is 23.8 Å². The van der Waals surface area contributed by atoms with E-state index in [4.69, 9.17) is 16.0 Å². The van der Waals surface area contributed by atoms with Crippen molar-refractivity contribution in [2.45, 2.75) is 20.0 Å². The Morgan fingerprint density at radius 2 is 1.88 bits per heavy atom. The first kappa shape index (κ1) is 17.1. The minimum atomic E-state index is -0.208. The van der Waals surface area contributed by atoms with Crippen molar-refractivity contribution in [1.29, 1.82) is 0 Å². The van der Waals surface area contributed by atoms with Gasteiger partial charge in [-0.25, -0.2) is 4.79 Å². The molecule has 0 bridgehead atoms. The first-order valence-electron chi connectivity index (χ1n) is 8.00. The van der Waals surface area contributed by atoms with Crippen LogP contribution in [-0.2, 0) is 13.1 Å². The summed E-state index contributed by atoms with van der Waals surface area (Å²) in [6, 6.07) is 18.8. The standard InChI is InChI=1S/C20H19ClN2O2/c1-15-9-10-17(12-19(15)21)22-20(24)23(14-18-8-5-11-25-18)13-16-6-3-2-4-7-16/h2-12H,13-14H2,1H3,(H,22,24). The van der Waals surface area contributed by atoms with E-state index in [2.05, 4.69) is 5.32 Å². The van der Waals surface area contributed by atoms with Gasteiger partial charge in [0.2, 0.25) is 0 Å². The minimum absolute atomic E-state index is 0.208. The summed E-state index contributed by atoms with van der Waals surface area (Å²) in [4.78, 5) is 14.5. The van der Waals surface area contributed by atoms with Gasteiger partial charge in [-0.1, -0.05) is 48.0 Å². The number of nitrogens with zero attached hydrogens (tertiary/aromatic N) is 1. The Morgan fingerprint density at radius 1 is 1.08 bits per heavy atom. The topological polar surface area (TPSA) is 45.5 Å². The second kappa shape index (κ2) is 7.90. The quantitative estimate of drug-likeness (QED) is 0.659. The van der Waals surface area contributed by atoms with Crippen LogP contribution in [0.2, 0.25) is 5.02 Å². The normalized spacial score (nSPS) is 10.5. The second-order valence-electron chi connectivity index (χ2n) is 5.82. The number of amides is 2. The Morgan fingerprint density at radius 3 is 2.56 bits per heavy atom. The fourth-order valence-electron chi connectivity index (χ4n) is 2.47. The van der Waals surface area contributed by atoms with Gasteiger partial charge in [0.15, 0.2) is 0 Å². The molecule has 2 amide bonds. The molecule has 0 atom stereocenters. The molecule has 4 nitrogen and oxygen atoms in total. The van der Waals surface area contributed by atoms with Crippen LogP contribution in [0.1, 0.15) is 16.9 Å². The Bertz CT molecular complexity index is 832. The zero-order valence-electron chi connectivity index (χ0n) is 13.9. The molecule has 3 aromatic rings. The summed E-state index contributed by atoms with van der Waals surface area (Å²) in [5.41, 5.74) is 2.68. The van der Waals surface area contributed by atoms with Crippen molar-refractivity contribution in [3.8, 4) is 0 Å². The lowest BCUT2D eigenvalue weighted by atomic mass is 10.2. The van der Waals surface area contributed by atoms with Crippen molar-refractivity contribution < 1.29 is 9.21 Å². The number of carbonyl (C=O) groups excluding carboxylic acids is 1. The fraction of sp³-hybridized carbons (Fsp3) is 0.150. The second-order valence-corrected chi connectivity index (χ2v) is 6.22. The van der Waals surface area contributed by atoms with Gasteiger partial charge in [0.1, 0.15) is 5.76 Å². The van der Waals surface area contributed by atoms with Crippen LogP contribution in [0.25, 0.3) is 0 Å². The SMILES string of the molecule is Cc1ccc(NC(=O)N(Cc2ccccc2)Cc2ccco2)cc1Cl. The molecule has 5 heteroatoms. The van der Waals surface area contributed by atoms with Crippen molar-refractivity contribution >= 4 is 23.3 Å². The number of rotatable bonds is 5. The van der Waals surface area contributed by atoms with Gasteiger partial charge in [-0.3, -0.25) is 0 Å². The maximum Gasteiger partial charge on any atom is 0.322 e. The smallest absolute Gasteiger partial charge is 0.322 e. The van der Waals surface area contributed by atoms with Crippen molar-refractivity contribution in [3.63, 3.8) is 0 Å². The number of aryl methyl sites for hydroxylation is 1. The number of nitrogens with one attached hydrogen (secondary N) is 1. The molecule has 0 radical (unpaired) electrons. The van der Waals surface area contributed by atoms with Gasteiger partial charge >= 0.3 is 6.03 Å². The average Bonchev–Trinajstić information content (AvgIpc) is 3.12. The molecule has 2 aromatic carbocycles. The predicted octanol–water partition coefficient (Wildman–Crippen LogP) is 5.48. The van der Waals surface area contributed by atoms with Crippen molar-refractivity contribution in [2.24, 2.45) is 0 Å². The van der Waals surface area contributed by atoms with Crippen LogP contribution in [0.15, 0.2) is 71.3 Å². The Labute approximate surface area is 152 Å². The highest BCUT2D eigenvalue weighted by Crippen LogP contribution is 2.21. The number of urea groups is 1. The van der Waals surface area contributed by atoms with Crippen molar-refractivity contribution in [2.75, 3.05) is 5.32 Å². The molecule has 1 aromatic heterocycles. The van der Waals surface area contributed by atoms with Crippen molar-refractivity contribution in [3.05, 3.63) is 88.8 Å². The molecule has 3 rings (SSSR count). The lowest BCUT2D eigenvalue weighted by Gasteiger charge is -2.22. The summed E-state index contributed by atoms with van der Waals surface area (Å²) in [6.07, 6.45) is 1.60. The van der Waals surface area contributed by atoms with Crippen LogP contribution in [0.4, 0.5) is 10.5 Å². The fourth-order valence-corrected chi connectivity index (χ4v) is 2.65. The molecule has 1 heterocycles. The Kier molecular flexibility index (Phi) is 5.41. The highest BCUT2D eigenvalue weighted by atomic mass is 35.5. The first-order valence-corrected chi connectivity index (χ1v) is 8.38. The first-order chi connectivity index (χ1) is 12.1. The third-order valence-corrected chi connectivity index (χ3v) is 4.26. The third kappa shape index (κ3) is 4.64. The molecule has 0 aliphatic carbocycles. The molecule has 0 aliphatic rings. The summed E-state index contributed by atoms with van der Waals surface area (Å²) >= 11 is 6.14. The molecule has 0 aliphatic heterocycles. The molecule has 0 saturated heterocycles. The molecular formula is C20H19ClN2O2. The van der Waals surface area contributed by atoms with E-state index < -0.39 is 0 Å². The Balaban J connectivity index is 1.77. The van der Waals surface area contributed by atoms with Crippen molar-refractivity contribution in [1.82, 2.24) is 4.90 Å². The van der Waals surface area contributed by atoms with Gasteiger partial charge < -0.3 is 14.6 Å². The molecule has 1 N–H and O–H groups in total. The number of carbonyl (C=O) groups is 1. The highest BCUT2D eigenvalue weighted by Gasteiger charge is 2.16. The minimum Gasteiger partial charge on any atom is -0.467 e. The maximum absolute atomic E-state index is 12.8. The van der Waals surface area contributed by atoms with E-state index in [-0.39, 0.29) is 6.03 Å². The van der Waals surface area contributed by atoms with Crippen LogP contribution >= 0.6 is 11.6 Å². The van der Waals surface area contributed by atoms with E-state index in [1.54, 1.807) is 17.2 Å².